The largest absolute Gasteiger partial charge is 0.471 e. The molecule has 0 radical (unpaired) electrons. The summed E-state index contributed by atoms with van der Waals surface area (Å²) in [6.07, 6.45) is -5.02. The molecule has 0 aliphatic carbocycles. The minimum Gasteiger partial charge on any atom is -0.343 e. The lowest BCUT2D eigenvalue weighted by molar-refractivity contribution is -0.174. The third kappa shape index (κ3) is 3.23. The Morgan fingerprint density at radius 1 is 1.33 bits per heavy atom. The van der Waals surface area contributed by atoms with Crippen LogP contribution in [0, 0.1) is 0 Å². The molecule has 1 heterocycles. The highest BCUT2D eigenvalue weighted by Gasteiger charge is 2.44. The number of rotatable bonds is 1. The van der Waals surface area contributed by atoms with E-state index in [1.54, 1.807) is 5.32 Å². The monoisotopic (exact) mass is 265 g/mol. The van der Waals surface area contributed by atoms with Gasteiger partial charge in [-0.05, 0) is 0 Å². The zero-order valence-corrected chi connectivity index (χ0v) is 8.79. The van der Waals surface area contributed by atoms with Crippen molar-refractivity contribution in [3.63, 3.8) is 0 Å². The van der Waals surface area contributed by atoms with Crippen molar-refractivity contribution in [3.8, 4) is 0 Å². The molecular formula is C6H7ClF3NO3S. The standard InChI is InChI=1S/C6H7ClF3NO3S/c7-3-1-15(13,14)2-4(3)11-5(12)6(8,9)10/h3-4H,1-2H2,(H,11,12). The van der Waals surface area contributed by atoms with Gasteiger partial charge in [-0.2, -0.15) is 13.2 Å². The first-order chi connectivity index (χ1) is 6.62. The quantitative estimate of drug-likeness (QED) is 0.683. The Morgan fingerprint density at radius 3 is 2.20 bits per heavy atom. The van der Waals surface area contributed by atoms with Crippen molar-refractivity contribution >= 4 is 27.3 Å². The summed E-state index contributed by atoms with van der Waals surface area (Å²) in [5, 5.41) is 0.536. The van der Waals surface area contributed by atoms with Crippen molar-refractivity contribution in [1.82, 2.24) is 5.32 Å². The summed E-state index contributed by atoms with van der Waals surface area (Å²) < 4.78 is 57.4. The Labute approximate surface area is 88.7 Å². The topological polar surface area (TPSA) is 63.2 Å². The molecule has 1 rings (SSSR count). The summed E-state index contributed by atoms with van der Waals surface area (Å²) in [6, 6.07) is -1.18. The van der Waals surface area contributed by atoms with Gasteiger partial charge in [0, 0.05) is 0 Å². The SMILES string of the molecule is O=C(NC1CS(=O)(=O)CC1Cl)C(F)(F)F. The molecule has 0 spiro atoms. The summed E-state index contributed by atoms with van der Waals surface area (Å²) in [6.45, 7) is 0. The summed E-state index contributed by atoms with van der Waals surface area (Å²) in [7, 11) is -3.45. The number of nitrogens with one attached hydrogen (secondary N) is 1. The summed E-state index contributed by atoms with van der Waals surface area (Å²) >= 11 is 5.50. The Bertz CT molecular complexity index is 366. The number of hydrogen-bond donors (Lipinski definition) is 1. The van der Waals surface area contributed by atoms with E-state index in [4.69, 9.17) is 11.6 Å². The molecule has 0 aromatic carbocycles. The molecular weight excluding hydrogens is 259 g/mol. The van der Waals surface area contributed by atoms with Gasteiger partial charge >= 0.3 is 12.1 Å². The first-order valence-electron chi connectivity index (χ1n) is 3.84. The first-order valence-corrected chi connectivity index (χ1v) is 6.10. The highest BCUT2D eigenvalue weighted by atomic mass is 35.5. The molecule has 0 aromatic heterocycles. The first kappa shape index (κ1) is 12.6. The lowest BCUT2D eigenvalue weighted by Crippen LogP contribution is -2.46. The Morgan fingerprint density at radius 2 is 1.87 bits per heavy atom. The fraction of sp³-hybridized carbons (Fsp3) is 0.833. The minimum atomic E-state index is -5.02. The molecule has 1 saturated heterocycles. The molecule has 1 amide bonds. The van der Waals surface area contributed by atoms with Gasteiger partial charge in [0.25, 0.3) is 0 Å². The van der Waals surface area contributed by atoms with Crippen LogP contribution in [0.25, 0.3) is 0 Å². The average Bonchev–Trinajstić information content (AvgIpc) is 2.22. The van der Waals surface area contributed by atoms with Crippen LogP contribution in [0.4, 0.5) is 13.2 Å². The van der Waals surface area contributed by atoms with Crippen molar-refractivity contribution in [3.05, 3.63) is 0 Å². The number of sulfone groups is 1. The van der Waals surface area contributed by atoms with Crippen LogP contribution in [0.1, 0.15) is 0 Å². The molecule has 1 aliphatic heterocycles. The van der Waals surface area contributed by atoms with E-state index in [2.05, 4.69) is 0 Å². The second-order valence-electron chi connectivity index (χ2n) is 3.17. The Hall–Kier alpha value is -0.500. The molecule has 88 valence electrons. The van der Waals surface area contributed by atoms with E-state index < -0.39 is 44.8 Å². The molecule has 0 aromatic rings. The van der Waals surface area contributed by atoms with Crippen LogP contribution in [-0.2, 0) is 14.6 Å². The van der Waals surface area contributed by atoms with Crippen molar-refractivity contribution in [2.75, 3.05) is 11.5 Å². The van der Waals surface area contributed by atoms with Gasteiger partial charge in [0.1, 0.15) is 0 Å². The van der Waals surface area contributed by atoms with Gasteiger partial charge < -0.3 is 5.32 Å². The van der Waals surface area contributed by atoms with E-state index >= 15 is 0 Å². The maximum atomic E-state index is 11.8. The maximum absolute atomic E-state index is 11.8. The van der Waals surface area contributed by atoms with Crippen molar-refractivity contribution in [2.45, 2.75) is 17.6 Å². The number of carbonyl (C=O) groups excluding carboxylic acids is 1. The summed E-state index contributed by atoms with van der Waals surface area (Å²) in [5.41, 5.74) is 0. The van der Waals surface area contributed by atoms with Gasteiger partial charge in [-0.25, -0.2) is 8.42 Å². The molecule has 9 heteroatoms. The number of alkyl halides is 4. The molecule has 0 saturated carbocycles. The fourth-order valence-corrected chi connectivity index (χ4v) is 3.74. The second kappa shape index (κ2) is 3.82. The molecule has 1 N–H and O–H groups in total. The smallest absolute Gasteiger partial charge is 0.343 e. The van der Waals surface area contributed by atoms with Gasteiger partial charge in [0.15, 0.2) is 9.84 Å². The van der Waals surface area contributed by atoms with Gasteiger partial charge in [-0.3, -0.25) is 4.79 Å². The van der Waals surface area contributed by atoms with Crippen LogP contribution in [0.15, 0.2) is 0 Å². The lowest BCUT2D eigenvalue weighted by Gasteiger charge is -2.15. The normalized spacial score (nSPS) is 30.1. The minimum absolute atomic E-state index is 0.419. The highest BCUT2D eigenvalue weighted by molar-refractivity contribution is 7.91. The van der Waals surface area contributed by atoms with Gasteiger partial charge in [-0.15, -0.1) is 11.6 Å². The number of amides is 1. The summed E-state index contributed by atoms with van der Waals surface area (Å²) in [5.74, 6) is -3.14. The van der Waals surface area contributed by atoms with Gasteiger partial charge in [0.05, 0.1) is 22.9 Å². The predicted octanol–water partition coefficient (Wildman–Crippen LogP) is 0.0693. The van der Waals surface area contributed by atoms with Crippen molar-refractivity contribution < 1.29 is 26.4 Å². The zero-order valence-electron chi connectivity index (χ0n) is 7.21. The fourth-order valence-electron chi connectivity index (χ4n) is 1.19. The molecule has 15 heavy (non-hydrogen) atoms. The number of carbonyl (C=O) groups is 1. The van der Waals surface area contributed by atoms with Crippen molar-refractivity contribution in [2.24, 2.45) is 0 Å². The van der Waals surface area contributed by atoms with E-state index in [1.165, 1.54) is 0 Å². The van der Waals surface area contributed by atoms with Gasteiger partial charge in [-0.1, -0.05) is 0 Å². The van der Waals surface area contributed by atoms with Gasteiger partial charge in [0.2, 0.25) is 0 Å². The molecule has 2 unspecified atom stereocenters. The van der Waals surface area contributed by atoms with E-state index in [0.717, 1.165) is 0 Å². The second-order valence-corrected chi connectivity index (χ2v) is 5.89. The van der Waals surface area contributed by atoms with Crippen LogP contribution in [0.5, 0.6) is 0 Å². The van der Waals surface area contributed by atoms with E-state index in [0.29, 0.717) is 0 Å². The van der Waals surface area contributed by atoms with Crippen LogP contribution < -0.4 is 5.32 Å². The molecule has 1 fully saturated rings. The third-order valence-electron chi connectivity index (χ3n) is 1.86. The van der Waals surface area contributed by atoms with Crippen molar-refractivity contribution in [1.29, 1.82) is 0 Å². The van der Waals surface area contributed by atoms with E-state index in [1.807, 2.05) is 0 Å². The van der Waals surface area contributed by atoms with E-state index in [-0.39, 0.29) is 0 Å². The average molecular weight is 266 g/mol. The van der Waals surface area contributed by atoms with Crippen LogP contribution in [-0.4, -0.2) is 43.4 Å². The van der Waals surface area contributed by atoms with Crippen LogP contribution in [0.2, 0.25) is 0 Å². The number of hydrogen-bond acceptors (Lipinski definition) is 3. The molecule has 4 nitrogen and oxygen atoms in total. The Balaban J connectivity index is 2.66. The predicted molar refractivity (Wildman–Crippen MR) is 46.3 cm³/mol. The maximum Gasteiger partial charge on any atom is 0.471 e. The Kier molecular flexibility index (Phi) is 3.20. The highest BCUT2D eigenvalue weighted by Crippen LogP contribution is 2.20. The zero-order chi connectivity index (χ0) is 11.9. The lowest BCUT2D eigenvalue weighted by atomic mass is 10.2. The number of halogens is 4. The van der Waals surface area contributed by atoms with Crippen LogP contribution >= 0.6 is 11.6 Å². The van der Waals surface area contributed by atoms with Crippen LogP contribution in [0.3, 0.4) is 0 Å². The summed E-state index contributed by atoms with van der Waals surface area (Å²) in [4.78, 5) is 10.5. The molecule has 0 bridgehead atoms. The molecule has 2 atom stereocenters. The van der Waals surface area contributed by atoms with E-state index in [9.17, 15) is 26.4 Å². The third-order valence-corrected chi connectivity index (χ3v) is 4.23. The molecule has 1 aliphatic rings.